The third kappa shape index (κ3) is 4.52. The number of aromatic hydroxyl groups is 1. The van der Waals surface area contributed by atoms with E-state index in [1.54, 1.807) is 30.3 Å². The Kier molecular flexibility index (Phi) is 7.06. The van der Waals surface area contributed by atoms with Crippen molar-refractivity contribution >= 4 is 40.4 Å². The van der Waals surface area contributed by atoms with Crippen LogP contribution in [0.5, 0.6) is 11.5 Å². The Balaban J connectivity index is 0.000000181. The van der Waals surface area contributed by atoms with Gasteiger partial charge in [0.2, 0.25) is 11.6 Å². The molecule has 3 aromatic carbocycles. The topological polar surface area (TPSA) is 136 Å². The van der Waals surface area contributed by atoms with Crippen LogP contribution >= 0.6 is 0 Å². The number of ether oxygens (including phenoxy) is 3. The number of carbonyl (C=O) groups excluding carboxylic acids is 4. The molecule has 0 bridgehead atoms. The number of hydrogen-bond donors (Lipinski definition) is 2. The van der Waals surface area contributed by atoms with Gasteiger partial charge in [-0.2, -0.15) is 0 Å². The molecule has 1 aliphatic heterocycles. The maximum Gasteiger partial charge on any atom is 0.342 e. The highest BCUT2D eigenvalue weighted by Crippen LogP contribution is 2.44. The third-order valence-electron chi connectivity index (χ3n) is 6.38. The molecule has 0 saturated carbocycles. The van der Waals surface area contributed by atoms with Crippen molar-refractivity contribution in [2.24, 2.45) is 5.92 Å². The Hall–Kier alpha value is -4.50. The standard InChI is InChI=1S/C17H16O4.C12H10O5/c1-17(2)9-8-12-13(16(19)20-3)14(18)10-6-4-5-7-11(10)15(12)21-17;1-17-12(16)8-9(13)6-4-2-3-5-7(6)10(14)11(8)15/h4-9,18H,1-3H3;2-5,8-9,13H,1H3. The van der Waals surface area contributed by atoms with E-state index in [1.807, 2.05) is 32.1 Å². The van der Waals surface area contributed by atoms with Crippen molar-refractivity contribution in [3.63, 3.8) is 0 Å². The third-order valence-corrected chi connectivity index (χ3v) is 6.38. The Bertz CT molecular complexity index is 1500. The summed E-state index contributed by atoms with van der Waals surface area (Å²) in [5, 5.41) is 21.7. The van der Waals surface area contributed by atoms with Gasteiger partial charge in [0.1, 0.15) is 28.8 Å². The van der Waals surface area contributed by atoms with Crippen molar-refractivity contribution in [3.05, 3.63) is 76.9 Å². The zero-order valence-electron chi connectivity index (χ0n) is 21.2. The van der Waals surface area contributed by atoms with Crippen LogP contribution in [0.15, 0.2) is 54.6 Å². The number of aliphatic hydroxyl groups excluding tert-OH is 1. The van der Waals surface area contributed by atoms with Gasteiger partial charge in [-0.25, -0.2) is 4.79 Å². The summed E-state index contributed by atoms with van der Waals surface area (Å²) in [4.78, 5) is 46.8. The Morgan fingerprint density at radius 2 is 1.58 bits per heavy atom. The number of carbonyl (C=O) groups is 4. The van der Waals surface area contributed by atoms with Gasteiger partial charge in [0.05, 0.1) is 14.2 Å². The number of esters is 2. The summed E-state index contributed by atoms with van der Waals surface area (Å²) in [5.41, 5.74) is 0.646. The lowest BCUT2D eigenvalue weighted by Crippen LogP contribution is -2.40. The minimum Gasteiger partial charge on any atom is -0.506 e. The van der Waals surface area contributed by atoms with Gasteiger partial charge in [0.25, 0.3) is 0 Å². The SMILES string of the molecule is COC(=O)C1C(=O)C(=O)c2ccccc2C1O.COC(=O)c1c2c(c3ccccc3c1O)OC(C)(C)C=C2. The molecule has 2 N–H and O–H groups in total. The fourth-order valence-electron chi connectivity index (χ4n) is 4.49. The van der Waals surface area contributed by atoms with E-state index in [4.69, 9.17) is 9.47 Å². The molecule has 0 radical (unpaired) electrons. The molecule has 9 heteroatoms. The second-order valence-electron chi connectivity index (χ2n) is 9.27. The monoisotopic (exact) mass is 518 g/mol. The zero-order valence-corrected chi connectivity index (χ0v) is 21.2. The molecule has 9 nitrogen and oxygen atoms in total. The molecule has 5 rings (SSSR count). The van der Waals surface area contributed by atoms with E-state index < -0.39 is 41.1 Å². The second kappa shape index (κ2) is 10.1. The zero-order chi connectivity index (χ0) is 27.8. The van der Waals surface area contributed by atoms with E-state index in [0.29, 0.717) is 16.7 Å². The van der Waals surface area contributed by atoms with Crippen LogP contribution < -0.4 is 4.74 Å². The van der Waals surface area contributed by atoms with Gasteiger partial charge in [-0.3, -0.25) is 14.4 Å². The lowest BCUT2D eigenvalue weighted by atomic mass is 9.80. The number of ketones is 2. The fourth-order valence-corrected chi connectivity index (χ4v) is 4.49. The van der Waals surface area contributed by atoms with Crippen LogP contribution in [0.4, 0.5) is 0 Å². The van der Waals surface area contributed by atoms with Crippen LogP contribution in [0.2, 0.25) is 0 Å². The first kappa shape index (κ1) is 26.6. The second-order valence-corrected chi connectivity index (χ2v) is 9.27. The molecule has 0 saturated heterocycles. The first-order valence-electron chi connectivity index (χ1n) is 11.7. The number of phenolic OH excluding ortho intramolecular Hbond substituents is 1. The largest absolute Gasteiger partial charge is 0.506 e. The van der Waals surface area contributed by atoms with Crippen LogP contribution in [0.25, 0.3) is 16.8 Å². The molecule has 2 aliphatic rings. The van der Waals surface area contributed by atoms with Crippen LogP contribution in [-0.2, 0) is 19.1 Å². The molecule has 0 aromatic heterocycles. The number of rotatable bonds is 2. The predicted molar refractivity (Wildman–Crippen MR) is 137 cm³/mol. The summed E-state index contributed by atoms with van der Waals surface area (Å²) < 4.78 is 15.2. The van der Waals surface area contributed by atoms with Crippen molar-refractivity contribution in [2.45, 2.75) is 25.6 Å². The molecule has 2 unspecified atom stereocenters. The van der Waals surface area contributed by atoms with Crippen molar-refractivity contribution in [1.82, 2.24) is 0 Å². The fraction of sp³-hybridized carbons (Fsp3) is 0.241. The first-order valence-corrected chi connectivity index (χ1v) is 11.7. The summed E-state index contributed by atoms with van der Waals surface area (Å²) in [6.45, 7) is 3.87. The summed E-state index contributed by atoms with van der Waals surface area (Å²) in [6.07, 6.45) is 2.33. The highest BCUT2D eigenvalue weighted by atomic mass is 16.5. The van der Waals surface area contributed by atoms with Crippen LogP contribution in [0, 0.1) is 5.92 Å². The minimum absolute atomic E-state index is 0.0795. The molecular weight excluding hydrogens is 492 g/mol. The van der Waals surface area contributed by atoms with E-state index >= 15 is 0 Å². The minimum atomic E-state index is -1.46. The van der Waals surface area contributed by atoms with Gasteiger partial charge in [-0.05, 0) is 25.5 Å². The molecule has 0 amide bonds. The smallest absolute Gasteiger partial charge is 0.342 e. The number of Topliss-reactive ketones (excluding diaryl/α,β-unsaturated/α-hetero) is 2. The number of aliphatic hydroxyl groups is 1. The summed E-state index contributed by atoms with van der Waals surface area (Å²) in [7, 11) is 2.40. The highest BCUT2D eigenvalue weighted by molar-refractivity contribution is 6.48. The first-order chi connectivity index (χ1) is 18.0. The van der Waals surface area contributed by atoms with E-state index in [1.165, 1.54) is 19.2 Å². The molecule has 1 aliphatic carbocycles. The molecule has 38 heavy (non-hydrogen) atoms. The molecule has 0 spiro atoms. The average Bonchev–Trinajstić information content (AvgIpc) is 2.92. The number of methoxy groups -OCH3 is 2. The van der Waals surface area contributed by atoms with E-state index in [-0.39, 0.29) is 22.4 Å². The summed E-state index contributed by atoms with van der Waals surface area (Å²) in [5.74, 6) is -4.11. The van der Waals surface area contributed by atoms with Gasteiger partial charge in [-0.1, -0.05) is 54.6 Å². The Morgan fingerprint density at radius 1 is 0.947 bits per heavy atom. The molecular formula is C29H26O9. The van der Waals surface area contributed by atoms with Gasteiger partial charge in [-0.15, -0.1) is 0 Å². The van der Waals surface area contributed by atoms with Crippen LogP contribution in [0.1, 0.15) is 51.8 Å². The van der Waals surface area contributed by atoms with Crippen LogP contribution in [0.3, 0.4) is 0 Å². The molecule has 0 fully saturated rings. The maximum atomic E-state index is 12.0. The summed E-state index contributed by atoms with van der Waals surface area (Å²) >= 11 is 0. The number of phenols is 1. The van der Waals surface area contributed by atoms with Gasteiger partial charge in [0.15, 0.2) is 5.92 Å². The van der Waals surface area contributed by atoms with Gasteiger partial charge in [0, 0.05) is 21.9 Å². The number of benzene rings is 3. The average molecular weight is 519 g/mol. The van der Waals surface area contributed by atoms with Gasteiger partial charge < -0.3 is 24.4 Å². The Morgan fingerprint density at radius 3 is 2.24 bits per heavy atom. The van der Waals surface area contributed by atoms with Crippen molar-refractivity contribution in [2.75, 3.05) is 14.2 Å². The normalized spacial score (nSPS) is 18.9. The van der Waals surface area contributed by atoms with E-state index in [0.717, 1.165) is 12.5 Å². The molecule has 1 heterocycles. The van der Waals surface area contributed by atoms with Crippen molar-refractivity contribution in [3.8, 4) is 11.5 Å². The maximum absolute atomic E-state index is 12.0. The van der Waals surface area contributed by atoms with Crippen molar-refractivity contribution in [1.29, 1.82) is 0 Å². The molecule has 2 atom stereocenters. The van der Waals surface area contributed by atoms with Crippen LogP contribution in [-0.4, -0.2) is 53.5 Å². The predicted octanol–water partition coefficient (Wildman–Crippen LogP) is 3.79. The number of fused-ring (bicyclic) bond motifs is 4. The molecule has 196 valence electrons. The summed E-state index contributed by atoms with van der Waals surface area (Å²) in [6, 6.07) is 13.5. The van der Waals surface area contributed by atoms with E-state index in [2.05, 4.69) is 4.74 Å². The highest BCUT2D eigenvalue weighted by Gasteiger charge is 2.45. The Labute approximate surface area is 218 Å². The lowest BCUT2D eigenvalue weighted by molar-refractivity contribution is -0.153. The number of hydrogen-bond acceptors (Lipinski definition) is 9. The molecule has 3 aromatic rings. The lowest BCUT2D eigenvalue weighted by Gasteiger charge is -2.30. The van der Waals surface area contributed by atoms with E-state index in [9.17, 15) is 29.4 Å². The van der Waals surface area contributed by atoms with Gasteiger partial charge >= 0.3 is 11.9 Å². The van der Waals surface area contributed by atoms with Crippen molar-refractivity contribution < 1.29 is 43.6 Å². The quantitative estimate of drug-likeness (QED) is 0.295.